The highest BCUT2D eigenvalue weighted by atomic mass is 35.5. The van der Waals surface area contributed by atoms with Crippen LogP contribution in [-0.4, -0.2) is 31.6 Å². The summed E-state index contributed by atoms with van der Waals surface area (Å²) in [5.41, 5.74) is 3.16. The van der Waals surface area contributed by atoms with Crippen LogP contribution in [0.4, 0.5) is 11.5 Å². The van der Waals surface area contributed by atoms with Gasteiger partial charge in [-0.15, -0.1) is 5.10 Å². The first-order chi connectivity index (χ1) is 15.1. The van der Waals surface area contributed by atoms with E-state index in [0.717, 1.165) is 17.6 Å². The zero-order valence-electron chi connectivity index (χ0n) is 16.5. The summed E-state index contributed by atoms with van der Waals surface area (Å²) in [6, 6.07) is 15.1. The van der Waals surface area contributed by atoms with Crippen molar-refractivity contribution in [3.63, 3.8) is 0 Å². The van der Waals surface area contributed by atoms with E-state index in [1.165, 1.54) is 15.5 Å². The number of hydrogen-bond donors (Lipinski definition) is 1. The zero-order valence-corrected chi connectivity index (χ0v) is 17.3. The maximum atomic E-state index is 12.8. The van der Waals surface area contributed by atoms with Crippen LogP contribution >= 0.6 is 11.6 Å². The Morgan fingerprint density at radius 1 is 1.13 bits per heavy atom. The highest BCUT2D eigenvalue weighted by Crippen LogP contribution is 2.24. The van der Waals surface area contributed by atoms with E-state index in [9.17, 15) is 9.59 Å². The van der Waals surface area contributed by atoms with E-state index in [1.807, 2.05) is 12.1 Å². The number of aromatic nitrogens is 4. The summed E-state index contributed by atoms with van der Waals surface area (Å²) < 4.78 is 2.58. The molecule has 0 saturated heterocycles. The van der Waals surface area contributed by atoms with Crippen molar-refractivity contribution in [3.05, 3.63) is 87.6 Å². The molecule has 0 aliphatic carbocycles. The Labute approximate surface area is 182 Å². The number of anilines is 2. The van der Waals surface area contributed by atoms with Gasteiger partial charge in [-0.2, -0.15) is 0 Å². The summed E-state index contributed by atoms with van der Waals surface area (Å²) in [6.07, 6.45) is 4.05. The van der Waals surface area contributed by atoms with Gasteiger partial charge in [0.05, 0.1) is 0 Å². The van der Waals surface area contributed by atoms with E-state index in [0.29, 0.717) is 28.7 Å². The third kappa shape index (κ3) is 3.77. The smallest absolute Gasteiger partial charge is 0.349 e. The lowest BCUT2D eigenvalue weighted by atomic mass is 10.00. The maximum Gasteiger partial charge on any atom is 0.350 e. The van der Waals surface area contributed by atoms with Gasteiger partial charge in [0, 0.05) is 36.2 Å². The second-order valence-electron chi connectivity index (χ2n) is 7.38. The Morgan fingerprint density at radius 3 is 2.81 bits per heavy atom. The van der Waals surface area contributed by atoms with Gasteiger partial charge in [0.15, 0.2) is 5.82 Å². The maximum absolute atomic E-state index is 12.8. The predicted molar refractivity (Wildman–Crippen MR) is 119 cm³/mol. The first kappa shape index (κ1) is 19.3. The molecular weight excluding hydrogens is 416 g/mol. The summed E-state index contributed by atoms with van der Waals surface area (Å²) in [5.74, 6) is 0.261. The van der Waals surface area contributed by atoms with E-state index in [1.54, 1.807) is 36.7 Å². The van der Waals surface area contributed by atoms with E-state index in [4.69, 9.17) is 11.6 Å². The summed E-state index contributed by atoms with van der Waals surface area (Å²) in [4.78, 5) is 31.9. The van der Waals surface area contributed by atoms with Crippen LogP contribution in [0, 0.1) is 0 Å². The lowest BCUT2D eigenvalue weighted by Gasteiger charge is -2.29. The summed E-state index contributed by atoms with van der Waals surface area (Å²) in [5, 5.41) is 7.67. The monoisotopic (exact) mass is 434 g/mol. The molecule has 0 radical (unpaired) electrons. The van der Waals surface area contributed by atoms with Crippen LogP contribution in [0.3, 0.4) is 0 Å². The Kier molecular flexibility index (Phi) is 4.91. The minimum atomic E-state index is -0.391. The molecule has 31 heavy (non-hydrogen) atoms. The second kappa shape index (κ2) is 7.88. The van der Waals surface area contributed by atoms with E-state index >= 15 is 0 Å². The molecule has 4 aromatic rings. The minimum absolute atomic E-state index is 0.213. The number of benzene rings is 2. The van der Waals surface area contributed by atoms with Crippen LogP contribution in [-0.2, 0) is 24.3 Å². The van der Waals surface area contributed by atoms with Gasteiger partial charge in [-0.1, -0.05) is 41.9 Å². The molecule has 0 bridgehead atoms. The molecule has 1 aliphatic heterocycles. The lowest BCUT2D eigenvalue weighted by Crippen LogP contribution is -2.31. The molecule has 0 fully saturated rings. The quantitative estimate of drug-likeness (QED) is 0.534. The van der Waals surface area contributed by atoms with Gasteiger partial charge < -0.3 is 10.2 Å². The standard InChI is InChI=1S/C22H19ClN6O2/c23-17-6-3-7-18(12-17)25-19(30)14-29-22(31)28-11-9-24-20(21(28)26-29)27-10-8-15-4-1-2-5-16(15)13-27/h1-7,9,11-12H,8,10,13-14H2,(H,25,30). The van der Waals surface area contributed by atoms with Gasteiger partial charge in [-0.3, -0.25) is 4.79 Å². The molecule has 1 N–H and O–H groups in total. The minimum Gasteiger partial charge on any atom is -0.349 e. The topological polar surface area (TPSA) is 84.5 Å². The van der Waals surface area contributed by atoms with Gasteiger partial charge >= 0.3 is 5.69 Å². The van der Waals surface area contributed by atoms with Crippen molar-refractivity contribution >= 4 is 34.7 Å². The SMILES string of the molecule is O=C(Cn1nc2c(N3CCc4ccccc4C3)nccn2c1=O)Nc1cccc(Cl)c1. The zero-order chi connectivity index (χ0) is 21.4. The van der Waals surface area contributed by atoms with Crippen LogP contribution in [0.2, 0.25) is 5.02 Å². The van der Waals surface area contributed by atoms with Crippen molar-refractivity contribution in [1.82, 2.24) is 19.2 Å². The predicted octanol–water partition coefficient (Wildman–Crippen LogP) is 2.75. The molecule has 0 unspecified atom stereocenters. The largest absolute Gasteiger partial charge is 0.350 e. The number of carbonyl (C=O) groups excluding carboxylic acids is 1. The van der Waals surface area contributed by atoms with E-state index < -0.39 is 5.69 Å². The van der Waals surface area contributed by atoms with Gasteiger partial charge in [-0.05, 0) is 35.7 Å². The van der Waals surface area contributed by atoms with Crippen molar-refractivity contribution in [3.8, 4) is 0 Å². The normalized spacial score (nSPS) is 13.3. The van der Waals surface area contributed by atoms with Crippen LogP contribution in [0.15, 0.2) is 65.7 Å². The fourth-order valence-electron chi connectivity index (χ4n) is 3.84. The average Bonchev–Trinajstić information content (AvgIpc) is 3.08. The number of nitrogens with one attached hydrogen (secondary N) is 1. The molecule has 9 heteroatoms. The van der Waals surface area contributed by atoms with E-state index in [2.05, 4.69) is 32.4 Å². The van der Waals surface area contributed by atoms with E-state index in [-0.39, 0.29) is 12.5 Å². The molecule has 2 aromatic heterocycles. The molecule has 0 atom stereocenters. The Balaban J connectivity index is 1.42. The molecule has 156 valence electrons. The number of rotatable bonds is 4. The number of fused-ring (bicyclic) bond motifs is 2. The molecule has 3 heterocycles. The second-order valence-corrected chi connectivity index (χ2v) is 7.82. The highest BCUT2D eigenvalue weighted by Gasteiger charge is 2.22. The Morgan fingerprint density at radius 2 is 1.97 bits per heavy atom. The number of hydrogen-bond acceptors (Lipinski definition) is 5. The summed E-state index contributed by atoms with van der Waals surface area (Å²) in [7, 11) is 0. The van der Waals surface area contributed by atoms with Crippen molar-refractivity contribution in [2.45, 2.75) is 19.5 Å². The molecule has 0 spiro atoms. The molecule has 1 amide bonds. The highest BCUT2D eigenvalue weighted by molar-refractivity contribution is 6.30. The number of amides is 1. The first-order valence-corrected chi connectivity index (χ1v) is 10.3. The van der Waals surface area contributed by atoms with Gasteiger partial charge in [0.25, 0.3) is 0 Å². The molecule has 8 nitrogen and oxygen atoms in total. The fraction of sp³-hybridized carbons (Fsp3) is 0.182. The van der Waals surface area contributed by atoms with Crippen LogP contribution < -0.4 is 15.9 Å². The summed E-state index contributed by atoms with van der Waals surface area (Å²) in [6.45, 7) is 1.26. The van der Waals surface area contributed by atoms with Crippen molar-refractivity contribution in [2.24, 2.45) is 0 Å². The third-order valence-corrected chi connectivity index (χ3v) is 5.55. The molecule has 1 aliphatic rings. The van der Waals surface area contributed by atoms with Crippen LogP contribution in [0.1, 0.15) is 11.1 Å². The number of nitrogens with zero attached hydrogens (tertiary/aromatic N) is 5. The molecule has 2 aromatic carbocycles. The van der Waals surface area contributed by atoms with Crippen LogP contribution in [0.5, 0.6) is 0 Å². The lowest BCUT2D eigenvalue weighted by molar-refractivity contribution is -0.117. The third-order valence-electron chi connectivity index (χ3n) is 5.32. The molecule has 0 saturated carbocycles. The first-order valence-electron chi connectivity index (χ1n) is 9.90. The van der Waals surface area contributed by atoms with Crippen LogP contribution in [0.25, 0.3) is 5.65 Å². The van der Waals surface area contributed by atoms with Gasteiger partial charge in [0.2, 0.25) is 11.6 Å². The number of halogens is 1. The van der Waals surface area contributed by atoms with Crippen molar-refractivity contribution in [1.29, 1.82) is 0 Å². The van der Waals surface area contributed by atoms with Gasteiger partial charge in [0.1, 0.15) is 6.54 Å². The average molecular weight is 435 g/mol. The number of carbonyl (C=O) groups is 1. The Bertz CT molecular complexity index is 1350. The Hall–Kier alpha value is -3.65. The van der Waals surface area contributed by atoms with Crippen molar-refractivity contribution < 1.29 is 4.79 Å². The van der Waals surface area contributed by atoms with Crippen molar-refractivity contribution in [2.75, 3.05) is 16.8 Å². The summed E-state index contributed by atoms with van der Waals surface area (Å²) >= 11 is 5.96. The molecular formula is C22H19ClN6O2. The fourth-order valence-corrected chi connectivity index (χ4v) is 4.03. The van der Waals surface area contributed by atoms with Gasteiger partial charge in [-0.25, -0.2) is 18.9 Å². The molecule has 5 rings (SSSR count).